The molecule has 0 fully saturated rings. The first-order chi connectivity index (χ1) is 9.20. The molecule has 0 saturated carbocycles. The van der Waals surface area contributed by atoms with Crippen molar-refractivity contribution in [3.05, 3.63) is 64.4 Å². The molecule has 1 aliphatic rings. The first-order valence-corrected chi connectivity index (χ1v) is 6.58. The normalized spacial score (nSPS) is 13.5. The molecule has 0 atom stereocenters. The molecule has 3 rings (SSSR count). The molecular weight excluding hydrogens is 258 g/mol. The largest absolute Gasteiger partial charge is 0.496 e. The van der Waals surface area contributed by atoms with Gasteiger partial charge in [-0.25, -0.2) is 0 Å². The highest BCUT2D eigenvalue weighted by Crippen LogP contribution is 2.35. The van der Waals surface area contributed by atoms with Crippen LogP contribution in [0.5, 0.6) is 5.75 Å². The Hall–Kier alpha value is -1.80. The third kappa shape index (κ3) is 2.02. The Morgan fingerprint density at radius 3 is 2.89 bits per heavy atom. The summed E-state index contributed by atoms with van der Waals surface area (Å²) in [6.07, 6.45) is 3.58. The van der Waals surface area contributed by atoms with E-state index >= 15 is 0 Å². The highest BCUT2D eigenvalue weighted by Gasteiger charge is 2.20. The van der Waals surface area contributed by atoms with Crippen molar-refractivity contribution in [2.75, 3.05) is 7.11 Å². The Bertz CT molecular complexity index is 664. The van der Waals surface area contributed by atoms with Gasteiger partial charge in [0, 0.05) is 22.4 Å². The third-order valence-corrected chi connectivity index (χ3v) is 3.79. The minimum atomic E-state index is 0.762. The number of methoxy groups -OCH3 is 1. The smallest absolute Gasteiger partial charge is 0.125 e. The average Bonchev–Trinajstić information content (AvgIpc) is 2.56. The van der Waals surface area contributed by atoms with E-state index in [1.54, 1.807) is 13.3 Å². The first-order valence-electron chi connectivity index (χ1n) is 6.20. The van der Waals surface area contributed by atoms with Crippen LogP contribution in [0.1, 0.15) is 22.4 Å². The predicted molar refractivity (Wildman–Crippen MR) is 77.8 cm³/mol. The number of benzene rings is 1. The Morgan fingerprint density at radius 2 is 2.11 bits per heavy atom. The van der Waals surface area contributed by atoms with E-state index in [-0.39, 0.29) is 0 Å². The molecule has 1 aromatic carbocycles. The van der Waals surface area contributed by atoms with Gasteiger partial charge < -0.3 is 4.74 Å². The van der Waals surface area contributed by atoms with Crippen LogP contribution in [0.2, 0.25) is 5.02 Å². The summed E-state index contributed by atoms with van der Waals surface area (Å²) in [5.74, 6) is 0.880. The minimum absolute atomic E-state index is 0.762. The summed E-state index contributed by atoms with van der Waals surface area (Å²) in [6, 6.07) is 7.84. The zero-order chi connectivity index (χ0) is 13.4. The maximum Gasteiger partial charge on any atom is 0.125 e. The summed E-state index contributed by atoms with van der Waals surface area (Å²) < 4.78 is 5.43. The van der Waals surface area contributed by atoms with E-state index in [9.17, 15) is 0 Å². The van der Waals surface area contributed by atoms with Gasteiger partial charge in [-0.15, -0.1) is 0 Å². The van der Waals surface area contributed by atoms with Crippen molar-refractivity contribution in [3.63, 3.8) is 0 Å². The van der Waals surface area contributed by atoms with E-state index in [0.29, 0.717) is 0 Å². The van der Waals surface area contributed by atoms with Gasteiger partial charge in [-0.1, -0.05) is 24.2 Å². The van der Waals surface area contributed by atoms with E-state index in [0.717, 1.165) is 46.0 Å². The molecule has 19 heavy (non-hydrogen) atoms. The Morgan fingerprint density at radius 1 is 1.26 bits per heavy atom. The third-order valence-electron chi connectivity index (χ3n) is 3.56. The van der Waals surface area contributed by atoms with Crippen LogP contribution in [0.25, 0.3) is 5.57 Å². The number of fused-ring (bicyclic) bond motifs is 2. The molecule has 0 N–H and O–H groups in total. The highest BCUT2D eigenvalue weighted by molar-refractivity contribution is 6.30. The molecule has 1 aliphatic carbocycles. The minimum Gasteiger partial charge on any atom is -0.496 e. The molecule has 1 heterocycles. The van der Waals surface area contributed by atoms with Crippen LogP contribution >= 0.6 is 11.6 Å². The maximum atomic E-state index is 6.08. The van der Waals surface area contributed by atoms with Gasteiger partial charge in [0.25, 0.3) is 0 Å². The SMILES string of the molecule is C=C1c2ccc(Cl)cc2CCc2c(OC)ccnc21. The van der Waals surface area contributed by atoms with Gasteiger partial charge in [0.2, 0.25) is 0 Å². The number of hydrogen-bond donors (Lipinski definition) is 0. The standard InChI is InChI=1S/C16H14ClNO/c1-10-13-6-4-12(17)9-11(13)3-5-14-15(19-2)7-8-18-16(10)14/h4,6-9H,1,3,5H2,2H3. The average molecular weight is 272 g/mol. The summed E-state index contributed by atoms with van der Waals surface area (Å²) >= 11 is 6.08. The lowest BCUT2D eigenvalue weighted by atomic mass is 9.99. The lowest BCUT2D eigenvalue weighted by Crippen LogP contribution is -1.99. The van der Waals surface area contributed by atoms with E-state index in [1.165, 1.54) is 5.56 Å². The van der Waals surface area contributed by atoms with Crippen molar-refractivity contribution in [1.29, 1.82) is 0 Å². The van der Waals surface area contributed by atoms with Crippen LogP contribution in [-0.2, 0) is 12.8 Å². The van der Waals surface area contributed by atoms with Gasteiger partial charge >= 0.3 is 0 Å². The van der Waals surface area contributed by atoms with Gasteiger partial charge in [-0.3, -0.25) is 4.98 Å². The van der Waals surface area contributed by atoms with Crippen molar-refractivity contribution in [2.24, 2.45) is 0 Å². The quantitative estimate of drug-likeness (QED) is 0.785. The fourth-order valence-electron chi connectivity index (χ4n) is 2.62. The van der Waals surface area contributed by atoms with Gasteiger partial charge in [0.15, 0.2) is 0 Å². The van der Waals surface area contributed by atoms with Crippen molar-refractivity contribution >= 4 is 17.2 Å². The second kappa shape index (κ2) is 4.71. The first kappa shape index (κ1) is 12.2. The molecule has 0 radical (unpaired) electrons. The maximum absolute atomic E-state index is 6.08. The van der Waals surface area contributed by atoms with Crippen molar-refractivity contribution in [1.82, 2.24) is 4.98 Å². The summed E-state index contributed by atoms with van der Waals surface area (Å²) in [6.45, 7) is 4.20. The van der Waals surface area contributed by atoms with Crippen LogP contribution in [-0.4, -0.2) is 12.1 Å². The van der Waals surface area contributed by atoms with Crippen molar-refractivity contribution in [3.8, 4) is 5.75 Å². The Kier molecular flexibility index (Phi) is 3.03. The predicted octanol–water partition coefficient (Wildman–Crippen LogP) is 3.90. The summed E-state index contributed by atoms with van der Waals surface area (Å²) in [4.78, 5) is 4.48. The van der Waals surface area contributed by atoms with Crippen LogP contribution in [0.4, 0.5) is 0 Å². The fourth-order valence-corrected chi connectivity index (χ4v) is 2.81. The molecule has 0 bridgehead atoms. The molecular formula is C16H14ClNO. The molecule has 1 aromatic heterocycles. The molecule has 0 unspecified atom stereocenters. The van der Waals surface area contributed by atoms with Gasteiger partial charge in [0.05, 0.1) is 12.8 Å². The molecule has 0 aliphatic heterocycles. The number of halogens is 1. The van der Waals surface area contributed by atoms with Gasteiger partial charge in [0.1, 0.15) is 5.75 Å². The highest BCUT2D eigenvalue weighted by atomic mass is 35.5. The molecule has 96 valence electrons. The van der Waals surface area contributed by atoms with Crippen LogP contribution in [0.15, 0.2) is 37.0 Å². The van der Waals surface area contributed by atoms with E-state index in [4.69, 9.17) is 16.3 Å². The lowest BCUT2D eigenvalue weighted by Gasteiger charge is -2.11. The summed E-state index contributed by atoms with van der Waals surface area (Å²) in [7, 11) is 1.69. The molecule has 0 spiro atoms. The molecule has 2 nitrogen and oxygen atoms in total. The number of ether oxygens (including phenoxy) is 1. The lowest BCUT2D eigenvalue weighted by molar-refractivity contribution is 0.408. The van der Waals surface area contributed by atoms with Crippen LogP contribution < -0.4 is 4.74 Å². The number of rotatable bonds is 1. The van der Waals surface area contributed by atoms with Crippen molar-refractivity contribution in [2.45, 2.75) is 12.8 Å². The summed E-state index contributed by atoms with van der Waals surface area (Å²) in [5, 5.41) is 0.762. The summed E-state index contributed by atoms with van der Waals surface area (Å²) in [5.41, 5.74) is 5.35. The van der Waals surface area contributed by atoms with Gasteiger partial charge in [-0.2, -0.15) is 0 Å². The van der Waals surface area contributed by atoms with E-state index < -0.39 is 0 Å². The van der Waals surface area contributed by atoms with E-state index in [1.807, 2.05) is 24.3 Å². The second-order valence-corrected chi connectivity index (χ2v) is 5.06. The van der Waals surface area contributed by atoms with Crippen LogP contribution in [0.3, 0.4) is 0 Å². The molecule has 3 heteroatoms. The topological polar surface area (TPSA) is 22.1 Å². The zero-order valence-corrected chi connectivity index (χ0v) is 11.5. The van der Waals surface area contributed by atoms with Crippen LogP contribution in [0, 0.1) is 0 Å². The fraction of sp³-hybridized carbons (Fsp3) is 0.188. The van der Waals surface area contributed by atoms with Gasteiger partial charge in [-0.05, 0) is 42.2 Å². The number of hydrogen-bond acceptors (Lipinski definition) is 2. The zero-order valence-electron chi connectivity index (χ0n) is 10.7. The number of pyridine rings is 1. The number of aryl methyl sites for hydroxylation is 1. The number of aromatic nitrogens is 1. The number of nitrogens with zero attached hydrogens (tertiary/aromatic N) is 1. The molecule has 0 saturated heterocycles. The van der Waals surface area contributed by atoms with E-state index in [2.05, 4.69) is 11.6 Å². The monoisotopic (exact) mass is 271 g/mol. The molecule has 0 amide bonds. The Balaban J connectivity index is 2.19. The van der Waals surface area contributed by atoms with Crippen molar-refractivity contribution < 1.29 is 4.74 Å². The second-order valence-electron chi connectivity index (χ2n) is 4.62. The Labute approximate surface area is 117 Å². The molecule has 2 aromatic rings.